The number of likely N-dealkylation sites (tertiary alicyclic amines) is 1. The molecule has 2 aliphatic heterocycles. The number of hydrogen-bond donors (Lipinski definition) is 1. The van der Waals surface area contributed by atoms with Crippen LogP contribution in [0.25, 0.3) is 0 Å². The fraction of sp³-hybridized carbons (Fsp3) is 1.00. The van der Waals surface area contributed by atoms with E-state index in [0.717, 1.165) is 18.0 Å². The lowest BCUT2D eigenvalue weighted by Crippen LogP contribution is -2.45. The zero-order chi connectivity index (χ0) is 11.5. The Hall–Kier alpha value is -0.120. The standard InChI is InChI=1S/C13H27N3/c1-11-6-7-14-13(11)10-16-8-4-5-12(16)9-15(2)3/h11-14H,4-10H2,1-3H3. The summed E-state index contributed by atoms with van der Waals surface area (Å²) in [4.78, 5) is 5.04. The van der Waals surface area contributed by atoms with Crippen LogP contribution in [0.15, 0.2) is 0 Å². The van der Waals surface area contributed by atoms with Gasteiger partial charge in [-0.3, -0.25) is 4.90 Å². The molecule has 3 heteroatoms. The van der Waals surface area contributed by atoms with Crippen molar-refractivity contribution in [2.75, 3.05) is 40.3 Å². The normalized spacial score (nSPS) is 36.4. The van der Waals surface area contributed by atoms with Gasteiger partial charge in [-0.1, -0.05) is 6.92 Å². The Morgan fingerprint density at radius 1 is 1.31 bits per heavy atom. The highest BCUT2D eigenvalue weighted by Crippen LogP contribution is 2.22. The van der Waals surface area contributed by atoms with E-state index in [1.807, 2.05) is 0 Å². The Kier molecular flexibility index (Phi) is 4.22. The fourth-order valence-electron chi connectivity index (χ4n) is 3.16. The van der Waals surface area contributed by atoms with Gasteiger partial charge >= 0.3 is 0 Å². The topological polar surface area (TPSA) is 18.5 Å². The molecule has 0 aromatic heterocycles. The summed E-state index contributed by atoms with van der Waals surface area (Å²) in [6.07, 6.45) is 4.13. The minimum atomic E-state index is 0.739. The van der Waals surface area contributed by atoms with Crippen molar-refractivity contribution >= 4 is 0 Å². The molecule has 0 bridgehead atoms. The molecule has 0 spiro atoms. The third-order valence-electron chi connectivity index (χ3n) is 4.20. The maximum atomic E-state index is 3.65. The molecule has 3 nitrogen and oxygen atoms in total. The quantitative estimate of drug-likeness (QED) is 0.770. The zero-order valence-electron chi connectivity index (χ0n) is 11.1. The molecular weight excluding hydrogens is 198 g/mol. The average molecular weight is 225 g/mol. The van der Waals surface area contributed by atoms with Gasteiger partial charge < -0.3 is 10.2 Å². The lowest BCUT2D eigenvalue weighted by Gasteiger charge is -2.30. The number of likely N-dealkylation sites (N-methyl/N-ethyl adjacent to an activating group) is 1. The molecule has 2 aliphatic rings. The molecule has 0 amide bonds. The summed E-state index contributed by atoms with van der Waals surface area (Å²) in [5.74, 6) is 0.862. The molecule has 0 radical (unpaired) electrons. The minimum absolute atomic E-state index is 0.739. The number of hydrogen-bond acceptors (Lipinski definition) is 3. The molecule has 2 heterocycles. The average Bonchev–Trinajstić information content (AvgIpc) is 2.78. The van der Waals surface area contributed by atoms with Gasteiger partial charge in [0.15, 0.2) is 0 Å². The van der Waals surface area contributed by atoms with Crippen LogP contribution in [0, 0.1) is 5.92 Å². The summed E-state index contributed by atoms with van der Waals surface area (Å²) in [6.45, 7) is 7.41. The van der Waals surface area contributed by atoms with Crippen molar-refractivity contribution in [2.24, 2.45) is 5.92 Å². The second-order valence-corrected chi connectivity index (χ2v) is 5.88. The molecule has 3 unspecified atom stereocenters. The number of nitrogens with zero attached hydrogens (tertiary/aromatic N) is 2. The summed E-state index contributed by atoms with van der Waals surface area (Å²) in [7, 11) is 4.37. The van der Waals surface area contributed by atoms with Gasteiger partial charge in [0, 0.05) is 25.2 Å². The van der Waals surface area contributed by atoms with Crippen molar-refractivity contribution in [2.45, 2.75) is 38.3 Å². The molecule has 16 heavy (non-hydrogen) atoms. The van der Waals surface area contributed by atoms with Crippen molar-refractivity contribution in [3.8, 4) is 0 Å². The van der Waals surface area contributed by atoms with Crippen LogP contribution < -0.4 is 5.32 Å². The summed E-state index contributed by atoms with van der Waals surface area (Å²) in [6, 6.07) is 1.53. The van der Waals surface area contributed by atoms with Crippen molar-refractivity contribution in [3.63, 3.8) is 0 Å². The van der Waals surface area contributed by atoms with Gasteiger partial charge in [-0.25, -0.2) is 0 Å². The van der Waals surface area contributed by atoms with Gasteiger partial charge in [-0.05, 0) is 52.4 Å². The fourth-order valence-corrected chi connectivity index (χ4v) is 3.16. The van der Waals surface area contributed by atoms with E-state index in [0.29, 0.717) is 0 Å². The van der Waals surface area contributed by atoms with Crippen molar-refractivity contribution in [3.05, 3.63) is 0 Å². The van der Waals surface area contributed by atoms with Crippen LogP contribution in [0.4, 0.5) is 0 Å². The third kappa shape index (κ3) is 2.96. The van der Waals surface area contributed by atoms with Gasteiger partial charge in [0.05, 0.1) is 0 Å². The molecule has 94 valence electrons. The maximum Gasteiger partial charge on any atom is 0.0224 e. The SMILES string of the molecule is CC1CCNC1CN1CCCC1CN(C)C. The smallest absolute Gasteiger partial charge is 0.0224 e. The molecule has 0 aliphatic carbocycles. The molecule has 0 saturated carbocycles. The molecule has 2 fully saturated rings. The first-order valence-corrected chi connectivity index (χ1v) is 6.79. The maximum absolute atomic E-state index is 3.65. The summed E-state index contributed by atoms with van der Waals surface area (Å²) >= 11 is 0. The van der Waals surface area contributed by atoms with Gasteiger partial charge in [0.25, 0.3) is 0 Å². The highest BCUT2D eigenvalue weighted by Gasteiger charge is 2.30. The zero-order valence-corrected chi connectivity index (χ0v) is 11.1. The predicted octanol–water partition coefficient (Wildman–Crippen LogP) is 1.01. The van der Waals surface area contributed by atoms with Crippen molar-refractivity contribution in [1.82, 2.24) is 15.1 Å². The predicted molar refractivity (Wildman–Crippen MR) is 68.7 cm³/mol. The van der Waals surface area contributed by atoms with Crippen LogP contribution in [0.3, 0.4) is 0 Å². The van der Waals surface area contributed by atoms with Gasteiger partial charge in [0.1, 0.15) is 0 Å². The summed E-state index contributed by atoms with van der Waals surface area (Å²) in [5.41, 5.74) is 0. The van der Waals surface area contributed by atoms with Crippen LogP contribution >= 0.6 is 0 Å². The molecule has 0 aromatic carbocycles. The van der Waals surface area contributed by atoms with Gasteiger partial charge in [0.2, 0.25) is 0 Å². The Morgan fingerprint density at radius 2 is 2.12 bits per heavy atom. The second-order valence-electron chi connectivity index (χ2n) is 5.88. The van der Waals surface area contributed by atoms with E-state index in [1.54, 1.807) is 0 Å². The van der Waals surface area contributed by atoms with Crippen molar-refractivity contribution in [1.29, 1.82) is 0 Å². The van der Waals surface area contributed by atoms with Gasteiger partial charge in [-0.15, -0.1) is 0 Å². The molecular formula is C13H27N3. The first-order valence-electron chi connectivity index (χ1n) is 6.79. The lowest BCUT2D eigenvalue weighted by atomic mass is 10.0. The Bertz CT molecular complexity index is 217. The monoisotopic (exact) mass is 225 g/mol. The molecule has 2 saturated heterocycles. The Balaban J connectivity index is 1.83. The van der Waals surface area contributed by atoms with E-state index in [2.05, 4.69) is 36.1 Å². The van der Waals surface area contributed by atoms with Crippen LogP contribution in [-0.2, 0) is 0 Å². The first kappa shape index (κ1) is 12.3. The summed E-state index contributed by atoms with van der Waals surface area (Å²) in [5, 5.41) is 3.65. The van der Waals surface area contributed by atoms with Crippen LogP contribution in [0.5, 0.6) is 0 Å². The third-order valence-corrected chi connectivity index (χ3v) is 4.20. The highest BCUT2D eigenvalue weighted by molar-refractivity contribution is 4.88. The van der Waals surface area contributed by atoms with E-state index in [-0.39, 0.29) is 0 Å². The Labute approximate surface area is 100 Å². The van der Waals surface area contributed by atoms with E-state index < -0.39 is 0 Å². The molecule has 1 N–H and O–H groups in total. The van der Waals surface area contributed by atoms with E-state index in [4.69, 9.17) is 0 Å². The first-order chi connectivity index (χ1) is 7.66. The summed E-state index contributed by atoms with van der Waals surface area (Å²) < 4.78 is 0. The van der Waals surface area contributed by atoms with Crippen LogP contribution in [0.2, 0.25) is 0 Å². The van der Waals surface area contributed by atoms with Crippen LogP contribution in [-0.4, -0.2) is 62.2 Å². The molecule has 3 atom stereocenters. The Morgan fingerprint density at radius 3 is 2.75 bits per heavy atom. The molecule has 0 aromatic rings. The van der Waals surface area contributed by atoms with E-state index in [1.165, 1.54) is 45.4 Å². The van der Waals surface area contributed by atoms with Gasteiger partial charge in [-0.2, -0.15) is 0 Å². The number of nitrogens with one attached hydrogen (secondary N) is 1. The minimum Gasteiger partial charge on any atom is -0.312 e. The second kappa shape index (κ2) is 5.48. The number of rotatable bonds is 4. The van der Waals surface area contributed by atoms with Crippen molar-refractivity contribution < 1.29 is 0 Å². The van der Waals surface area contributed by atoms with E-state index in [9.17, 15) is 0 Å². The molecule has 2 rings (SSSR count). The highest BCUT2D eigenvalue weighted by atomic mass is 15.2. The van der Waals surface area contributed by atoms with Crippen LogP contribution in [0.1, 0.15) is 26.2 Å². The lowest BCUT2D eigenvalue weighted by molar-refractivity contribution is 0.185. The largest absolute Gasteiger partial charge is 0.312 e. The van der Waals surface area contributed by atoms with E-state index >= 15 is 0 Å².